The topological polar surface area (TPSA) is 62.3 Å². The van der Waals surface area contributed by atoms with Gasteiger partial charge < -0.3 is 14.8 Å². The summed E-state index contributed by atoms with van der Waals surface area (Å²) in [5.41, 5.74) is 1.78. The van der Waals surface area contributed by atoms with Gasteiger partial charge in [0.05, 0.1) is 3.70 Å². The monoisotopic (exact) mass is 351 g/mol. The summed E-state index contributed by atoms with van der Waals surface area (Å²) in [5.74, 6) is -0.369. The molecule has 0 aliphatic carbocycles. The van der Waals surface area contributed by atoms with Crippen molar-refractivity contribution < 1.29 is 14.6 Å². The molecule has 4 nitrogen and oxygen atoms in total. The van der Waals surface area contributed by atoms with Gasteiger partial charge in [-0.2, -0.15) is 0 Å². The number of aromatic nitrogens is 1. The standard InChI is InChI=1S/C12H18INO3/c1-7-8(5-6-15)9(14-10(7)13)11(16)17-12(2,3)4/h14-15H,5-6H2,1-4H3. The van der Waals surface area contributed by atoms with E-state index in [9.17, 15) is 4.79 Å². The third kappa shape index (κ3) is 3.70. The number of aliphatic hydroxyl groups is 1. The lowest BCUT2D eigenvalue weighted by atomic mass is 10.1. The highest BCUT2D eigenvalue weighted by Crippen LogP contribution is 2.22. The molecule has 0 fully saturated rings. The number of ether oxygens (including phenoxy) is 1. The van der Waals surface area contributed by atoms with Gasteiger partial charge in [-0.25, -0.2) is 4.79 Å². The second kappa shape index (κ2) is 5.39. The van der Waals surface area contributed by atoms with Crippen LogP contribution in [0.25, 0.3) is 0 Å². The van der Waals surface area contributed by atoms with Crippen molar-refractivity contribution in [3.8, 4) is 0 Å². The number of nitrogens with one attached hydrogen (secondary N) is 1. The zero-order chi connectivity index (χ0) is 13.2. The molecular formula is C12H18INO3. The van der Waals surface area contributed by atoms with Gasteiger partial charge in [0.1, 0.15) is 11.3 Å². The molecule has 0 unspecified atom stereocenters. The Hall–Kier alpha value is -0.560. The molecule has 0 spiro atoms. The van der Waals surface area contributed by atoms with Crippen molar-refractivity contribution in [2.45, 2.75) is 39.7 Å². The van der Waals surface area contributed by atoms with Gasteiger partial charge in [-0.15, -0.1) is 0 Å². The number of carbonyl (C=O) groups is 1. The maximum Gasteiger partial charge on any atom is 0.355 e. The third-order valence-corrected chi connectivity index (χ3v) is 3.36. The van der Waals surface area contributed by atoms with Crippen LogP contribution in [-0.4, -0.2) is 28.3 Å². The Kier molecular flexibility index (Phi) is 4.60. The Balaban J connectivity index is 3.05. The third-order valence-electron chi connectivity index (χ3n) is 2.28. The van der Waals surface area contributed by atoms with Crippen molar-refractivity contribution in [2.75, 3.05) is 6.61 Å². The Bertz CT molecular complexity index is 418. The van der Waals surface area contributed by atoms with Gasteiger partial charge in [0.2, 0.25) is 0 Å². The number of esters is 1. The van der Waals surface area contributed by atoms with E-state index in [1.807, 2.05) is 27.7 Å². The van der Waals surface area contributed by atoms with Crippen LogP contribution >= 0.6 is 22.6 Å². The van der Waals surface area contributed by atoms with Crippen LogP contribution < -0.4 is 0 Å². The first-order chi connectivity index (χ1) is 7.76. The van der Waals surface area contributed by atoms with Crippen molar-refractivity contribution in [2.24, 2.45) is 0 Å². The van der Waals surface area contributed by atoms with Gasteiger partial charge in [-0.3, -0.25) is 0 Å². The van der Waals surface area contributed by atoms with Crippen LogP contribution in [0, 0.1) is 10.6 Å². The van der Waals surface area contributed by atoms with E-state index in [4.69, 9.17) is 9.84 Å². The first-order valence-corrected chi connectivity index (χ1v) is 6.55. The van der Waals surface area contributed by atoms with Gasteiger partial charge in [-0.05, 0) is 67.8 Å². The van der Waals surface area contributed by atoms with Crippen molar-refractivity contribution in [3.05, 3.63) is 20.5 Å². The maximum absolute atomic E-state index is 12.0. The first kappa shape index (κ1) is 14.5. The lowest BCUT2D eigenvalue weighted by Crippen LogP contribution is -2.24. The number of H-pyrrole nitrogens is 1. The molecule has 0 radical (unpaired) electrons. The second-order valence-electron chi connectivity index (χ2n) is 4.89. The summed E-state index contributed by atoms with van der Waals surface area (Å²) in [6.45, 7) is 7.44. The molecule has 0 aliphatic rings. The maximum atomic E-state index is 12.0. The normalized spacial score (nSPS) is 11.6. The molecule has 1 aromatic rings. The lowest BCUT2D eigenvalue weighted by Gasteiger charge is -2.19. The van der Waals surface area contributed by atoms with Crippen molar-refractivity contribution in [1.29, 1.82) is 0 Å². The molecule has 0 saturated carbocycles. The minimum absolute atomic E-state index is 0.0184. The molecule has 1 rings (SSSR count). The number of rotatable bonds is 3. The van der Waals surface area contributed by atoms with Crippen LogP contribution in [0.3, 0.4) is 0 Å². The van der Waals surface area contributed by atoms with E-state index in [2.05, 4.69) is 27.6 Å². The highest BCUT2D eigenvalue weighted by molar-refractivity contribution is 14.1. The summed E-state index contributed by atoms with van der Waals surface area (Å²) in [6.07, 6.45) is 0.458. The number of hydrogen-bond acceptors (Lipinski definition) is 3. The van der Waals surface area contributed by atoms with E-state index < -0.39 is 5.60 Å². The molecule has 2 N–H and O–H groups in total. The second-order valence-corrected chi connectivity index (χ2v) is 5.97. The molecule has 17 heavy (non-hydrogen) atoms. The van der Waals surface area contributed by atoms with Crippen LogP contribution in [0.15, 0.2) is 0 Å². The van der Waals surface area contributed by atoms with Crippen LogP contribution in [0.1, 0.15) is 42.4 Å². The molecule has 1 heterocycles. The molecule has 0 atom stereocenters. The van der Waals surface area contributed by atoms with Crippen molar-refractivity contribution in [1.82, 2.24) is 4.98 Å². The quantitative estimate of drug-likeness (QED) is 0.650. The molecule has 5 heteroatoms. The van der Waals surface area contributed by atoms with E-state index in [-0.39, 0.29) is 12.6 Å². The fraction of sp³-hybridized carbons (Fsp3) is 0.583. The van der Waals surface area contributed by atoms with Gasteiger partial charge in [-0.1, -0.05) is 0 Å². The summed E-state index contributed by atoms with van der Waals surface area (Å²) < 4.78 is 6.23. The Morgan fingerprint density at radius 2 is 2.06 bits per heavy atom. The van der Waals surface area contributed by atoms with Crippen LogP contribution in [-0.2, 0) is 11.2 Å². The number of halogens is 1. The summed E-state index contributed by atoms with van der Waals surface area (Å²) in [7, 11) is 0. The SMILES string of the molecule is Cc1c(I)[nH]c(C(=O)OC(C)(C)C)c1CCO. The minimum Gasteiger partial charge on any atom is -0.455 e. The zero-order valence-electron chi connectivity index (χ0n) is 10.6. The molecule has 0 amide bonds. The van der Waals surface area contributed by atoms with E-state index in [0.29, 0.717) is 12.1 Å². The summed E-state index contributed by atoms with van der Waals surface area (Å²) in [4.78, 5) is 15.0. The number of hydrogen-bond donors (Lipinski definition) is 2. The van der Waals surface area contributed by atoms with E-state index in [1.165, 1.54) is 0 Å². The van der Waals surface area contributed by atoms with Crippen molar-refractivity contribution in [3.63, 3.8) is 0 Å². The largest absolute Gasteiger partial charge is 0.455 e. The number of carbonyl (C=O) groups excluding carboxylic acids is 1. The number of aliphatic hydroxyl groups excluding tert-OH is 1. The average molecular weight is 351 g/mol. The van der Waals surface area contributed by atoms with Crippen LogP contribution in [0.5, 0.6) is 0 Å². The lowest BCUT2D eigenvalue weighted by molar-refractivity contribution is 0.00621. The predicted octanol–water partition coefficient (Wildman–Crippen LogP) is 2.42. The summed E-state index contributed by atoms with van der Waals surface area (Å²) >= 11 is 2.14. The molecule has 96 valence electrons. The first-order valence-electron chi connectivity index (χ1n) is 5.47. The van der Waals surface area contributed by atoms with Gasteiger partial charge in [0, 0.05) is 6.61 Å². The van der Waals surface area contributed by atoms with Crippen molar-refractivity contribution >= 4 is 28.6 Å². The molecule has 0 saturated heterocycles. The van der Waals surface area contributed by atoms with Gasteiger partial charge in [0.15, 0.2) is 0 Å². The molecule has 1 aromatic heterocycles. The predicted molar refractivity (Wildman–Crippen MR) is 74.2 cm³/mol. The summed E-state index contributed by atoms with van der Waals surface area (Å²) in [5, 5.41) is 9.02. The average Bonchev–Trinajstić information content (AvgIpc) is 2.44. The Morgan fingerprint density at radius 3 is 2.53 bits per heavy atom. The highest BCUT2D eigenvalue weighted by atomic mass is 127. The van der Waals surface area contributed by atoms with E-state index >= 15 is 0 Å². The highest BCUT2D eigenvalue weighted by Gasteiger charge is 2.23. The molecule has 0 bridgehead atoms. The molecule has 0 aromatic carbocycles. The van der Waals surface area contributed by atoms with Gasteiger partial charge >= 0.3 is 5.97 Å². The Morgan fingerprint density at radius 1 is 1.47 bits per heavy atom. The smallest absolute Gasteiger partial charge is 0.355 e. The van der Waals surface area contributed by atoms with E-state index in [1.54, 1.807) is 0 Å². The van der Waals surface area contributed by atoms with Crippen LogP contribution in [0.2, 0.25) is 0 Å². The fourth-order valence-corrected chi connectivity index (χ4v) is 2.12. The Labute approximate surface area is 115 Å². The van der Waals surface area contributed by atoms with Crippen LogP contribution in [0.4, 0.5) is 0 Å². The fourth-order valence-electron chi connectivity index (χ4n) is 1.53. The summed E-state index contributed by atoms with van der Waals surface area (Å²) in [6, 6.07) is 0. The minimum atomic E-state index is -0.516. The zero-order valence-corrected chi connectivity index (χ0v) is 12.7. The number of aromatic amines is 1. The molecule has 0 aliphatic heterocycles. The van der Waals surface area contributed by atoms with Gasteiger partial charge in [0.25, 0.3) is 0 Å². The molecular weight excluding hydrogens is 333 g/mol. The van der Waals surface area contributed by atoms with E-state index in [0.717, 1.165) is 14.8 Å².